The topological polar surface area (TPSA) is 33.5 Å². The molecule has 0 bridgehead atoms. The summed E-state index contributed by atoms with van der Waals surface area (Å²) in [7, 11) is 0. The molecule has 0 amide bonds. The zero-order chi connectivity index (χ0) is 49.6. The molecule has 0 N–H and O–H groups in total. The minimum atomic E-state index is -0.436. The van der Waals surface area contributed by atoms with Gasteiger partial charge < -0.3 is 19.1 Å². The van der Waals surface area contributed by atoms with Crippen molar-refractivity contribution in [3.8, 4) is 39.6 Å². The van der Waals surface area contributed by atoms with E-state index in [-0.39, 0.29) is 67.0 Å². The SMILES string of the molecule is [2H]c1c([2H])c([2H])c(-c2cccc(-c3cc(C(C)(C)C)cc(C(C)(C)C)c3)c2N2[CH-]N(c3[c-]c(Oc4[c-]c5c(cc4)c4ccccc4n5-c4cc(C(C)(C)C)ccn4)ccc3)c3ccccc32)c([2H])c1[2H].[Pt]. The van der Waals surface area contributed by atoms with Crippen LogP contribution in [0.5, 0.6) is 11.5 Å². The van der Waals surface area contributed by atoms with Crippen LogP contribution in [-0.4, -0.2) is 9.55 Å². The molecule has 0 aliphatic carbocycles. The molecule has 334 valence electrons. The van der Waals surface area contributed by atoms with Gasteiger partial charge in [0.2, 0.25) is 0 Å². The molecule has 0 saturated heterocycles. The Labute approximate surface area is 412 Å². The first-order valence-electron chi connectivity index (χ1n) is 24.7. The normalized spacial score (nSPS) is 14.0. The molecule has 10 rings (SSSR count). The monoisotopic (exact) mass is 1050 g/mol. The molecule has 9 aromatic rings. The smallest absolute Gasteiger partial charge is 0.135 e. The minimum absolute atomic E-state index is 0. The van der Waals surface area contributed by atoms with Crippen molar-refractivity contribution in [3.63, 3.8) is 0 Å². The van der Waals surface area contributed by atoms with Crippen molar-refractivity contribution < 1.29 is 32.7 Å². The van der Waals surface area contributed by atoms with E-state index >= 15 is 0 Å². The standard InChI is InChI=1S/C60H55N4O.Pt/c1-58(2,3)42-31-32-61-56(36-42)64-52-26-14-13-23-50(52)51-30-29-47(38-55(51)64)65-46-22-17-21-45(37-46)62-39-63(54-28-16-15-27-53(54)62)57-48(40-19-11-10-12-20-40)24-18-25-49(57)41-33-43(59(4,5)6)35-44(34-41)60(7,8)9;/h10-36,39H,1-9H3;/q-3;/i10D,11D,12D,19D,20D;. The van der Waals surface area contributed by atoms with E-state index in [1.165, 1.54) is 5.56 Å². The van der Waals surface area contributed by atoms with Crippen LogP contribution in [0.25, 0.3) is 49.9 Å². The second-order valence-corrected chi connectivity index (χ2v) is 19.9. The molecular formula is C60H55N4OPt-3. The van der Waals surface area contributed by atoms with Crippen LogP contribution in [0.3, 0.4) is 0 Å². The number of benzene rings is 7. The van der Waals surface area contributed by atoms with Crippen molar-refractivity contribution in [2.75, 3.05) is 9.80 Å². The maximum atomic E-state index is 9.20. The van der Waals surface area contributed by atoms with Crippen LogP contribution < -0.4 is 14.5 Å². The van der Waals surface area contributed by atoms with Gasteiger partial charge in [-0.2, -0.15) is 12.1 Å². The van der Waals surface area contributed by atoms with Crippen molar-refractivity contribution >= 4 is 44.6 Å². The summed E-state index contributed by atoms with van der Waals surface area (Å²) in [6.45, 7) is 21.8. The van der Waals surface area contributed by atoms with E-state index in [1.807, 2.05) is 85.7 Å². The molecule has 0 unspecified atom stereocenters. The Morgan fingerprint density at radius 1 is 0.561 bits per heavy atom. The number of ether oxygens (including phenoxy) is 1. The summed E-state index contributed by atoms with van der Waals surface area (Å²) < 4.78 is 53.1. The summed E-state index contributed by atoms with van der Waals surface area (Å²) in [5.74, 6) is 1.82. The van der Waals surface area contributed by atoms with E-state index in [4.69, 9.17) is 13.8 Å². The second-order valence-electron chi connectivity index (χ2n) is 19.9. The first-order valence-corrected chi connectivity index (χ1v) is 22.2. The maximum Gasteiger partial charge on any atom is 0.135 e. The van der Waals surface area contributed by atoms with Gasteiger partial charge in [0, 0.05) is 72.5 Å². The van der Waals surface area contributed by atoms with Crippen LogP contribution >= 0.6 is 0 Å². The molecule has 1 aliphatic rings. The molecule has 66 heavy (non-hydrogen) atoms. The molecule has 5 nitrogen and oxygen atoms in total. The van der Waals surface area contributed by atoms with Gasteiger partial charge in [-0.3, -0.25) is 0 Å². The van der Waals surface area contributed by atoms with E-state index in [1.54, 1.807) is 0 Å². The van der Waals surface area contributed by atoms with Crippen LogP contribution in [0, 0.1) is 18.8 Å². The molecule has 7 aromatic carbocycles. The Hall–Kier alpha value is -6.42. The molecule has 0 saturated carbocycles. The average Bonchev–Trinajstić information content (AvgIpc) is 3.88. The molecule has 0 atom stereocenters. The summed E-state index contributed by atoms with van der Waals surface area (Å²) in [4.78, 5) is 8.97. The van der Waals surface area contributed by atoms with Crippen molar-refractivity contribution in [3.05, 3.63) is 199 Å². The first kappa shape index (κ1) is 38.8. The van der Waals surface area contributed by atoms with Gasteiger partial charge in [-0.1, -0.05) is 165 Å². The number of aromatic nitrogens is 2. The van der Waals surface area contributed by atoms with Crippen LogP contribution in [0.1, 0.15) is 85.9 Å². The van der Waals surface area contributed by atoms with Crippen molar-refractivity contribution in [1.29, 1.82) is 0 Å². The van der Waals surface area contributed by atoms with E-state index in [0.717, 1.165) is 61.3 Å². The fraction of sp³-hybridized carbons (Fsp3) is 0.200. The minimum Gasteiger partial charge on any atom is -0.509 e. The molecular weight excluding hydrogens is 988 g/mol. The van der Waals surface area contributed by atoms with E-state index < -0.39 is 6.04 Å². The summed E-state index contributed by atoms with van der Waals surface area (Å²) in [6, 6.07) is 48.4. The van der Waals surface area contributed by atoms with Crippen LogP contribution in [0.2, 0.25) is 0 Å². The largest absolute Gasteiger partial charge is 0.509 e. The predicted octanol–water partition coefficient (Wildman–Crippen LogP) is 16.2. The van der Waals surface area contributed by atoms with E-state index in [0.29, 0.717) is 28.4 Å². The third-order valence-corrected chi connectivity index (χ3v) is 12.3. The number of para-hydroxylation sites is 4. The number of hydrogen-bond acceptors (Lipinski definition) is 4. The molecule has 0 fully saturated rings. The molecule has 2 aromatic heterocycles. The number of anilines is 4. The van der Waals surface area contributed by atoms with Gasteiger partial charge in [-0.15, -0.1) is 48.1 Å². The zero-order valence-corrected chi connectivity index (χ0v) is 41.1. The molecule has 0 spiro atoms. The number of rotatable bonds is 7. The second kappa shape index (κ2) is 17.1. The first-order chi connectivity index (χ1) is 33.2. The summed E-state index contributed by atoms with van der Waals surface area (Å²) in [5, 5.41) is 2.13. The van der Waals surface area contributed by atoms with Gasteiger partial charge >= 0.3 is 0 Å². The summed E-state index contributed by atoms with van der Waals surface area (Å²) in [6.07, 6.45) is 1.87. The summed E-state index contributed by atoms with van der Waals surface area (Å²) >= 11 is 0. The Balaban J connectivity index is 0.00000624. The van der Waals surface area contributed by atoms with Gasteiger partial charge in [0.25, 0.3) is 0 Å². The fourth-order valence-electron chi connectivity index (χ4n) is 8.69. The molecule has 1 aliphatic heterocycles. The number of pyridine rings is 1. The molecule has 0 radical (unpaired) electrons. The molecule has 6 heteroatoms. The predicted molar refractivity (Wildman–Crippen MR) is 271 cm³/mol. The Morgan fingerprint density at radius 3 is 1.88 bits per heavy atom. The maximum absolute atomic E-state index is 9.20. The van der Waals surface area contributed by atoms with Crippen LogP contribution in [0.15, 0.2) is 164 Å². The van der Waals surface area contributed by atoms with Crippen LogP contribution in [-0.2, 0) is 37.3 Å². The summed E-state index contributed by atoms with van der Waals surface area (Å²) in [5.41, 5.74) is 10.5. The average molecular weight is 1050 g/mol. The van der Waals surface area contributed by atoms with Gasteiger partial charge in [-0.05, 0) is 79.8 Å². The van der Waals surface area contributed by atoms with Crippen molar-refractivity contribution in [1.82, 2.24) is 9.55 Å². The third-order valence-electron chi connectivity index (χ3n) is 12.3. The van der Waals surface area contributed by atoms with Gasteiger partial charge in [0.05, 0.1) is 6.85 Å². The zero-order valence-electron chi connectivity index (χ0n) is 43.8. The Bertz CT molecular complexity index is 3490. The van der Waals surface area contributed by atoms with E-state index in [2.05, 4.69) is 143 Å². The van der Waals surface area contributed by atoms with Crippen molar-refractivity contribution in [2.45, 2.75) is 78.6 Å². The Kier molecular flexibility index (Phi) is 10.1. The number of nitrogens with zero attached hydrogens (tertiary/aromatic N) is 4. The van der Waals surface area contributed by atoms with Gasteiger partial charge in [0.1, 0.15) is 5.82 Å². The van der Waals surface area contributed by atoms with Crippen LogP contribution in [0.4, 0.5) is 22.7 Å². The number of hydrogen-bond donors (Lipinski definition) is 0. The fourth-order valence-corrected chi connectivity index (χ4v) is 8.69. The quantitative estimate of drug-likeness (QED) is 0.149. The van der Waals surface area contributed by atoms with Crippen molar-refractivity contribution in [2.24, 2.45) is 0 Å². The van der Waals surface area contributed by atoms with E-state index in [9.17, 15) is 2.74 Å². The third kappa shape index (κ3) is 8.35. The molecule has 3 heterocycles. The van der Waals surface area contributed by atoms with Gasteiger partial charge in [0.15, 0.2) is 0 Å². The Morgan fingerprint density at radius 2 is 1.18 bits per heavy atom. The van der Waals surface area contributed by atoms with Gasteiger partial charge in [-0.25, -0.2) is 4.98 Å². The number of fused-ring (bicyclic) bond motifs is 4.